The Morgan fingerprint density at radius 2 is 2.12 bits per heavy atom. The predicted molar refractivity (Wildman–Crippen MR) is 62.3 cm³/mol. The Labute approximate surface area is 98.2 Å². The smallest absolute Gasteiger partial charge is 0.268 e. The lowest BCUT2D eigenvalue weighted by Gasteiger charge is -2.26. The summed E-state index contributed by atoms with van der Waals surface area (Å²) in [5.74, 6) is 5.17. The van der Waals surface area contributed by atoms with E-state index in [1.54, 1.807) is 31.2 Å². The van der Waals surface area contributed by atoms with Crippen molar-refractivity contribution in [3.63, 3.8) is 0 Å². The van der Waals surface area contributed by atoms with E-state index in [4.69, 9.17) is 5.84 Å². The Kier molecular flexibility index (Phi) is 2.93. The van der Waals surface area contributed by atoms with Gasteiger partial charge < -0.3 is 5.32 Å². The van der Waals surface area contributed by atoms with E-state index in [1.807, 2.05) is 0 Å². The summed E-state index contributed by atoms with van der Waals surface area (Å²) < 4.78 is 13.6. The predicted octanol–water partition coefficient (Wildman–Crippen LogP) is 1.33. The molecule has 1 amide bonds. The molecule has 0 radical (unpaired) electrons. The van der Waals surface area contributed by atoms with Gasteiger partial charge in [-0.25, -0.2) is 15.2 Å². The van der Waals surface area contributed by atoms with Gasteiger partial charge in [-0.1, -0.05) is 12.1 Å². The van der Waals surface area contributed by atoms with Crippen LogP contribution in [0.15, 0.2) is 42.2 Å². The molecule has 1 aliphatic heterocycles. The molecule has 17 heavy (non-hydrogen) atoms. The molecule has 0 fully saturated rings. The third kappa shape index (κ3) is 2.05. The first-order valence-corrected chi connectivity index (χ1v) is 5.12. The maximum Gasteiger partial charge on any atom is 0.268 e. The van der Waals surface area contributed by atoms with Crippen LogP contribution >= 0.6 is 0 Å². The lowest BCUT2D eigenvalue weighted by Crippen LogP contribution is -2.44. The summed E-state index contributed by atoms with van der Waals surface area (Å²) in [6, 6.07) is 6.23. The minimum absolute atomic E-state index is 0.341. The van der Waals surface area contributed by atoms with Gasteiger partial charge in [0, 0.05) is 11.6 Å². The summed E-state index contributed by atoms with van der Waals surface area (Å²) in [6.07, 6.45) is 2.91. The normalized spacial score (nSPS) is 18.1. The average molecular weight is 233 g/mol. The first-order valence-electron chi connectivity index (χ1n) is 5.12. The molecule has 5 heteroatoms. The van der Waals surface area contributed by atoms with Gasteiger partial charge in [0.15, 0.2) is 0 Å². The van der Waals surface area contributed by atoms with Crippen LogP contribution in [-0.4, -0.2) is 10.9 Å². The highest BCUT2D eigenvalue weighted by Crippen LogP contribution is 2.20. The van der Waals surface area contributed by atoms with Crippen LogP contribution in [0.3, 0.4) is 0 Å². The fourth-order valence-electron chi connectivity index (χ4n) is 1.58. The molecule has 0 unspecified atom stereocenters. The maximum atomic E-state index is 13.6. The molecule has 0 aromatic heterocycles. The summed E-state index contributed by atoms with van der Waals surface area (Å²) in [7, 11) is 0. The number of hydrazine groups is 1. The van der Waals surface area contributed by atoms with Crippen LogP contribution in [0.1, 0.15) is 12.5 Å². The van der Waals surface area contributed by atoms with Gasteiger partial charge in [0.25, 0.3) is 5.91 Å². The van der Waals surface area contributed by atoms with Crippen molar-refractivity contribution < 1.29 is 9.18 Å². The lowest BCUT2D eigenvalue weighted by molar-refractivity contribution is -0.125. The van der Waals surface area contributed by atoms with E-state index in [-0.39, 0.29) is 5.82 Å². The lowest BCUT2D eigenvalue weighted by atomic mass is 10.1. The Morgan fingerprint density at radius 1 is 1.41 bits per heavy atom. The topological polar surface area (TPSA) is 58.4 Å². The number of rotatable bonds is 1. The average Bonchev–Trinajstić information content (AvgIpc) is 2.33. The monoisotopic (exact) mass is 233 g/mol. The summed E-state index contributed by atoms with van der Waals surface area (Å²) in [4.78, 5) is 11.6. The summed E-state index contributed by atoms with van der Waals surface area (Å²) in [5, 5.41) is 3.88. The van der Waals surface area contributed by atoms with Crippen LogP contribution in [0, 0.1) is 5.82 Å². The number of allylic oxidation sites excluding steroid dienone is 1. The Bertz CT molecular complexity index is 522. The van der Waals surface area contributed by atoms with Crippen LogP contribution < -0.4 is 11.2 Å². The number of nitrogens with zero attached hydrogens (tertiary/aromatic N) is 1. The molecule has 88 valence electrons. The molecule has 1 aliphatic rings. The second-order valence-electron chi connectivity index (χ2n) is 3.55. The first kappa shape index (κ1) is 11.3. The molecular formula is C12H12FN3O. The van der Waals surface area contributed by atoms with Crippen LogP contribution in [0.5, 0.6) is 0 Å². The van der Waals surface area contributed by atoms with Crippen molar-refractivity contribution in [1.82, 2.24) is 10.3 Å². The maximum absolute atomic E-state index is 13.6. The molecule has 4 nitrogen and oxygen atoms in total. The molecule has 0 bridgehead atoms. The molecule has 0 atom stereocenters. The van der Waals surface area contributed by atoms with Gasteiger partial charge in [-0.05, 0) is 25.1 Å². The molecule has 2 rings (SSSR count). The van der Waals surface area contributed by atoms with E-state index in [9.17, 15) is 9.18 Å². The highest BCUT2D eigenvalue weighted by Gasteiger charge is 2.21. The number of carbonyl (C=O) groups is 1. The molecule has 0 aliphatic carbocycles. The van der Waals surface area contributed by atoms with Crippen molar-refractivity contribution in [1.29, 1.82) is 0 Å². The van der Waals surface area contributed by atoms with Gasteiger partial charge in [0.05, 0.1) is 5.70 Å². The standard InChI is InChI=1S/C12H12FN3O/c1-2-11-15-10(7-12(17)16(11)14)8-5-3-4-6-9(8)13/h2-7,15H,14H2,1H3/b11-2-. The zero-order chi connectivity index (χ0) is 12.4. The second kappa shape index (κ2) is 4.39. The molecule has 0 saturated heterocycles. The van der Waals surface area contributed by atoms with Crippen LogP contribution in [0.4, 0.5) is 4.39 Å². The van der Waals surface area contributed by atoms with Crippen molar-refractivity contribution >= 4 is 11.6 Å². The molecule has 1 heterocycles. The number of nitrogens with two attached hydrogens (primary N) is 1. The van der Waals surface area contributed by atoms with Gasteiger partial charge in [0.2, 0.25) is 0 Å². The molecule has 1 aromatic carbocycles. The number of nitrogens with one attached hydrogen (secondary N) is 1. The molecule has 1 aromatic rings. The number of halogens is 1. The zero-order valence-corrected chi connectivity index (χ0v) is 9.27. The van der Waals surface area contributed by atoms with Gasteiger partial charge in [-0.3, -0.25) is 4.79 Å². The molecule has 0 spiro atoms. The molecular weight excluding hydrogens is 221 g/mol. The minimum atomic E-state index is -0.393. The molecule has 3 N–H and O–H groups in total. The fourth-order valence-corrected chi connectivity index (χ4v) is 1.58. The van der Waals surface area contributed by atoms with E-state index in [1.165, 1.54) is 12.1 Å². The Morgan fingerprint density at radius 3 is 2.76 bits per heavy atom. The van der Waals surface area contributed by atoms with Crippen molar-refractivity contribution in [3.8, 4) is 0 Å². The summed E-state index contributed by atoms with van der Waals surface area (Å²) in [5.41, 5.74) is 0.746. The van der Waals surface area contributed by atoms with E-state index in [0.29, 0.717) is 17.1 Å². The van der Waals surface area contributed by atoms with Crippen molar-refractivity contribution in [2.45, 2.75) is 6.92 Å². The van der Waals surface area contributed by atoms with E-state index in [2.05, 4.69) is 5.32 Å². The number of benzene rings is 1. The van der Waals surface area contributed by atoms with Crippen LogP contribution in [0.25, 0.3) is 5.70 Å². The van der Waals surface area contributed by atoms with Crippen molar-refractivity contribution in [2.75, 3.05) is 0 Å². The Hall–Kier alpha value is -2.14. The molecule has 0 saturated carbocycles. The third-order valence-electron chi connectivity index (χ3n) is 2.46. The largest absolute Gasteiger partial charge is 0.340 e. The van der Waals surface area contributed by atoms with E-state index < -0.39 is 5.91 Å². The summed E-state index contributed by atoms with van der Waals surface area (Å²) >= 11 is 0. The van der Waals surface area contributed by atoms with Gasteiger partial charge >= 0.3 is 0 Å². The van der Waals surface area contributed by atoms with Crippen molar-refractivity contribution in [2.24, 2.45) is 5.84 Å². The Balaban J connectivity index is 2.45. The highest BCUT2D eigenvalue weighted by atomic mass is 19.1. The highest BCUT2D eigenvalue weighted by molar-refractivity contribution is 5.97. The second-order valence-corrected chi connectivity index (χ2v) is 3.55. The van der Waals surface area contributed by atoms with E-state index in [0.717, 1.165) is 5.01 Å². The fraction of sp³-hybridized carbons (Fsp3) is 0.0833. The van der Waals surface area contributed by atoms with Crippen LogP contribution in [0.2, 0.25) is 0 Å². The van der Waals surface area contributed by atoms with Crippen LogP contribution in [-0.2, 0) is 4.79 Å². The van der Waals surface area contributed by atoms with Gasteiger partial charge in [0.1, 0.15) is 11.6 Å². The summed E-state index contributed by atoms with van der Waals surface area (Å²) in [6.45, 7) is 1.74. The van der Waals surface area contributed by atoms with Gasteiger partial charge in [-0.2, -0.15) is 0 Å². The zero-order valence-electron chi connectivity index (χ0n) is 9.27. The van der Waals surface area contributed by atoms with E-state index >= 15 is 0 Å². The van der Waals surface area contributed by atoms with Gasteiger partial charge in [-0.15, -0.1) is 0 Å². The number of hydrogen-bond donors (Lipinski definition) is 2. The quantitative estimate of drug-likeness (QED) is 0.568. The van der Waals surface area contributed by atoms with Crippen molar-refractivity contribution in [3.05, 3.63) is 53.6 Å². The SMILES string of the molecule is C/C=C1/NC(c2ccccc2F)=CC(=O)N1N. The minimum Gasteiger partial charge on any atom is -0.340 e. The number of carbonyl (C=O) groups excluding carboxylic acids is 1. The number of amides is 1. The third-order valence-corrected chi connectivity index (χ3v) is 2.46. The number of hydrogen-bond acceptors (Lipinski definition) is 3. The first-order chi connectivity index (χ1) is 8.13.